The molecule has 0 aromatic heterocycles. The average Bonchev–Trinajstić information content (AvgIpc) is 2.29. The molecule has 2 aromatic carbocycles. The lowest BCUT2D eigenvalue weighted by Crippen LogP contribution is -1.93. The molecule has 2 aromatic rings. The molecule has 0 saturated heterocycles. The Morgan fingerprint density at radius 1 is 1.06 bits per heavy atom. The van der Waals surface area contributed by atoms with Gasteiger partial charge in [0.05, 0.1) is 0 Å². The van der Waals surface area contributed by atoms with Crippen LogP contribution in [-0.2, 0) is 9.09 Å². The SMILES string of the molecule is COP(C)(=O)Oc1cccc2ccccc12. The van der Waals surface area contributed by atoms with Crippen molar-refractivity contribution in [1.29, 1.82) is 0 Å². The van der Waals surface area contributed by atoms with Crippen LogP contribution in [0.4, 0.5) is 0 Å². The van der Waals surface area contributed by atoms with Crippen LogP contribution in [0.15, 0.2) is 42.5 Å². The van der Waals surface area contributed by atoms with Crippen molar-refractivity contribution in [2.24, 2.45) is 0 Å². The summed E-state index contributed by atoms with van der Waals surface area (Å²) in [5, 5.41) is 1.99. The van der Waals surface area contributed by atoms with Crippen LogP contribution in [0, 0.1) is 0 Å². The lowest BCUT2D eigenvalue weighted by Gasteiger charge is -2.14. The first kappa shape index (κ1) is 11.2. The van der Waals surface area contributed by atoms with Crippen LogP contribution in [0.25, 0.3) is 10.8 Å². The van der Waals surface area contributed by atoms with Gasteiger partial charge in [-0.3, -0.25) is 0 Å². The highest BCUT2D eigenvalue weighted by atomic mass is 31.2. The predicted octanol–water partition coefficient (Wildman–Crippen LogP) is 3.69. The van der Waals surface area contributed by atoms with Gasteiger partial charge in [-0.05, 0) is 11.5 Å². The van der Waals surface area contributed by atoms with Gasteiger partial charge in [-0.1, -0.05) is 36.4 Å². The van der Waals surface area contributed by atoms with Gasteiger partial charge < -0.3 is 9.05 Å². The fraction of sp³-hybridized carbons (Fsp3) is 0.167. The molecular weight excluding hydrogens is 223 g/mol. The molecule has 0 spiro atoms. The van der Waals surface area contributed by atoms with E-state index < -0.39 is 7.60 Å². The van der Waals surface area contributed by atoms with Crippen LogP contribution in [-0.4, -0.2) is 13.8 Å². The minimum absolute atomic E-state index is 0.589. The lowest BCUT2D eigenvalue weighted by atomic mass is 10.1. The van der Waals surface area contributed by atoms with Gasteiger partial charge in [-0.15, -0.1) is 0 Å². The Balaban J connectivity index is 2.49. The number of hydrogen-bond donors (Lipinski definition) is 0. The number of rotatable bonds is 3. The smallest absolute Gasteiger partial charge is 0.375 e. The molecule has 84 valence electrons. The van der Waals surface area contributed by atoms with Crippen LogP contribution in [0.2, 0.25) is 0 Å². The fourth-order valence-corrected chi connectivity index (χ4v) is 2.08. The van der Waals surface area contributed by atoms with Gasteiger partial charge in [0.25, 0.3) is 0 Å². The first-order chi connectivity index (χ1) is 7.62. The van der Waals surface area contributed by atoms with Gasteiger partial charge in [0, 0.05) is 19.2 Å². The third-order valence-electron chi connectivity index (χ3n) is 2.35. The highest BCUT2D eigenvalue weighted by molar-refractivity contribution is 7.53. The van der Waals surface area contributed by atoms with Crippen molar-refractivity contribution in [3.05, 3.63) is 42.5 Å². The lowest BCUT2D eigenvalue weighted by molar-refractivity contribution is 0.329. The number of fused-ring (bicyclic) bond motifs is 1. The standard InChI is InChI=1S/C12H13O3P/c1-14-16(2,13)15-12-9-5-7-10-6-3-4-8-11(10)12/h3-9H,1-2H3. The molecule has 0 aliphatic heterocycles. The zero-order valence-corrected chi connectivity index (χ0v) is 10.1. The maximum absolute atomic E-state index is 11.8. The zero-order chi connectivity index (χ0) is 11.6. The predicted molar refractivity (Wildman–Crippen MR) is 65.1 cm³/mol. The maximum atomic E-state index is 11.8. The molecule has 1 atom stereocenters. The van der Waals surface area contributed by atoms with Crippen LogP contribution in [0.1, 0.15) is 0 Å². The van der Waals surface area contributed by atoms with Crippen molar-refractivity contribution in [3.8, 4) is 5.75 Å². The summed E-state index contributed by atoms with van der Waals surface area (Å²) < 4.78 is 22.0. The Hall–Kier alpha value is -1.31. The molecule has 0 fully saturated rings. The third kappa shape index (κ3) is 2.26. The van der Waals surface area contributed by atoms with Gasteiger partial charge in [0.15, 0.2) is 0 Å². The molecular formula is C12H13O3P. The first-order valence-electron chi connectivity index (χ1n) is 4.93. The van der Waals surface area contributed by atoms with Crippen molar-refractivity contribution >= 4 is 18.4 Å². The minimum Gasteiger partial charge on any atom is -0.424 e. The summed E-state index contributed by atoms with van der Waals surface area (Å²) in [5.74, 6) is 0.589. The summed E-state index contributed by atoms with van der Waals surface area (Å²) in [5.41, 5.74) is 0. The molecule has 0 amide bonds. The molecule has 0 radical (unpaired) electrons. The van der Waals surface area contributed by atoms with Gasteiger partial charge >= 0.3 is 7.60 Å². The molecule has 0 bridgehead atoms. The van der Waals surface area contributed by atoms with Crippen LogP contribution in [0.3, 0.4) is 0 Å². The quantitative estimate of drug-likeness (QED) is 0.762. The Bertz CT molecular complexity index is 545. The van der Waals surface area contributed by atoms with Gasteiger partial charge in [-0.2, -0.15) is 0 Å². The molecule has 2 rings (SSSR count). The van der Waals surface area contributed by atoms with Crippen LogP contribution < -0.4 is 4.52 Å². The second-order valence-corrected chi connectivity index (χ2v) is 5.61. The second-order valence-electron chi connectivity index (χ2n) is 3.52. The number of benzene rings is 2. The highest BCUT2D eigenvalue weighted by Gasteiger charge is 2.17. The average molecular weight is 236 g/mol. The summed E-state index contributed by atoms with van der Waals surface area (Å²) in [6.07, 6.45) is 0. The molecule has 0 saturated carbocycles. The Kier molecular flexibility index (Phi) is 2.99. The van der Waals surface area contributed by atoms with E-state index in [0.717, 1.165) is 10.8 Å². The van der Waals surface area contributed by atoms with E-state index in [1.54, 1.807) is 6.07 Å². The zero-order valence-electron chi connectivity index (χ0n) is 9.21. The second kappa shape index (κ2) is 4.28. The normalized spacial score (nSPS) is 14.6. The van der Waals surface area contributed by atoms with E-state index in [9.17, 15) is 4.57 Å². The summed E-state index contributed by atoms with van der Waals surface area (Å²) >= 11 is 0. The van der Waals surface area contributed by atoms with Crippen molar-refractivity contribution in [1.82, 2.24) is 0 Å². The maximum Gasteiger partial charge on any atom is 0.375 e. The third-order valence-corrected chi connectivity index (χ3v) is 3.54. The summed E-state index contributed by atoms with van der Waals surface area (Å²) in [6.45, 7) is 1.45. The molecule has 0 N–H and O–H groups in total. The van der Waals surface area contributed by atoms with E-state index in [2.05, 4.69) is 0 Å². The Labute approximate surface area is 94.5 Å². The van der Waals surface area contributed by atoms with Crippen molar-refractivity contribution in [2.45, 2.75) is 0 Å². The van der Waals surface area contributed by atoms with Crippen LogP contribution >= 0.6 is 7.60 Å². The topological polar surface area (TPSA) is 35.5 Å². The highest BCUT2D eigenvalue weighted by Crippen LogP contribution is 2.45. The fourth-order valence-electron chi connectivity index (χ4n) is 1.49. The van der Waals surface area contributed by atoms with Gasteiger partial charge in [0.1, 0.15) is 5.75 Å². The Morgan fingerprint density at radius 3 is 2.50 bits per heavy atom. The monoisotopic (exact) mass is 236 g/mol. The van der Waals surface area contributed by atoms with E-state index in [1.807, 2.05) is 36.4 Å². The molecule has 0 aliphatic carbocycles. The summed E-state index contributed by atoms with van der Waals surface area (Å²) in [4.78, 5) is 0. The summed E-state index contributed by atoms with van der Waals surface area (Å²) in [6, 6.07) is 13.4. The molecule has 0 heterocycles. The van der Waals surface area contributed by atoms with Crippen molar-refractivity contribution in [3.63, 3.8) is 0 Å². The number of hydrogen-bond acceptors (Lipinski definition) is 3. The molecule has 3 nitrogen and oxygen atoms in total. The van der Waals surface area contributed by atoms with E-state index in [4.69, 9.17) is 9.05 Å². The first-order valence-corrected chi connectivity index (χ1v) is 6.92. The van der Waals surface area contributed by atoms with E-state index in [1.165, 1.54) is 13.8 Å². The molecule has 4 heteroatoms. The molecule has 16 heavy (non-hydrogen) atoms. The van der Waals surface area contributed by atoms with Crippen molar-refractivity contribution in [2.75, 3.05) is 13.8 Å². The molecule has 1 unspecified atom stereocenters. The summed E-state index contributed by atoms with van der Waals surface area (Å²) in [7, 11) is -1.62. The van der Waals surface area contributed by atoms with Gasteiger partial charge in [0.2, 0.25) is 0 Å². The molecule has 0 aliphatic rings. The van der Waals surface area contributed by atoms with E-state index >= 15 is 0 Å². The van der Waals surface area contributed by atoms with Crippen LogP contribution in [0.5, 0.6) is 5.75 Å². The minimum atomic E-state index is -3.00. The van der Waals surface area contributed by atoms with E-state index in [-0.39, 0.29) is 0 Å². The van der Waals surface area contributed by atoms with E-state index in [0.29, 0.717) is 5.75 Å². The van der Waals surface area contributed by atoms with Crippen molar-refractivity contribution < 1.29 is 13.6 Å². The Morgan fingerprint density at radius 2 is 1.75 bits per heavy atom. The largest absolute Gasteiger partial charge is 0.424 e. The van der Waals surface area contributed by atoms with Gasteiger partial charge in [-0.25, -0.2) is 4.57 Å².